The summed E-state index contributed by atoms with van der Waals surface area (Å²) in [6, 6.07) is 7.36. The second-order valence-corrected chi connectivity index (χ2v) is 8.58. The van der Waals surface area contributed by atoms with Gasteiger partial charge in [-0.2, -0.15) is 0 Å². The minimum Gasteiger partial charge on any atom is -0.351 e. The lowest BCUT2D eigenvalue weighted by atomic mass is 9.71. The van der Waals surface area contributed by atoms with Gasteiger partial charge in [0.1, 0.15) is 5.69 Å². The lowest BCUT2D eigenvalue weighted by molar-refractivity contribution is -0.127. The summed E-state index contributed by atoms with van der Waals surface area (Å²) in [6.07, 6.45) is 4.96. The van der Waals surface area contributed by atoms with Crippen LogP contribution in [0.1, 0.15) is 60.0 Å². The Morgan fingerprint density at radius 1 is 1.23 bits per heavy atom. The van der Waals surface area contributed by atoms with E-state index in [0.29, 0.717) is 43.8 Å². The topological polar surface area (TPSA) is 107 Å². The number of aromatic amines is 1. The van der Waals surface area contributed by atoms with Crippen molar-refractivity contribution in [1.29, 1.82) is 0 Å². The van der Waals surface area contributed by atoms with E-state index in [9.17, 15) is 14.4 Å². The number of imidazole rings is 1. The second-order valence-electron chi connectivity index (χ2n) is 8.17. The van der Waals surface area contributed by atoms with E-state index in [-0.39, 0.29) is 40.6 Å². The number of H-pyrrole nitrogens is 1. The van der Waals surface area contributed by atoms with Gasteiger partial charge in [0.05, 0.1) is 22.5 Å². The number of rotatable bonds is 5. The van der Waals surface area contributed by atoms with E-state index in [1.54, 1.807) is 11.0 Å². The molecule has 3 amide bonds. The summed E-state index contributed by atoms with van der Waals surface area (Å²) in [7, 11) is 0. The molecule has 3 N–H and O–H groups in total. The summed E-state index contributed by atoms with van der Waals surface area (Å²) in [5.41, 5.74) is 0.623. The number of carbonyl (C=O) groups excluding carboxylic acids is 3. The Balaban J connectivity index is 1.38. The standard InChI is InChI=1S/C22H26ClN5O3/c1-2-24-19(29)17-18(26-13-25-17)20(30)27-14-7-9-22(10-8-14)11-12-28(21(22)31)16-6-4-3-5-15(16)23/h3-6,13-14H,2,7-12H2,1H3,(H,24,29)(H,25,26)(H,27,30). The predicted molar refractivity (Wildman–Crippen MR) is 117 cm³/mol. The van der Waals surface area contributed by atoms with Crippen LogP contribution in [0, 0.1) is 5.41 Å². The fourth-order valence-electron chi connectivity index (χ4n) is 4.64. The third kappa shape index (κ3) is 4.04. The number of nitrogens with zero attached hydrogens (tertiary/aromatic N) is 2. The van der Waals surface area contributed by atoms with Gasteiger partial charge in [-0.1, -0.05) is 23.7 Å². The SMILES string of the molecule is CCNC(=O)c1[nH]cnc1C(=O)NC1CCC2(CC1)CCN(c1ccccc1Cl)C2=O. The maximum Gasteiger partial charge on any atom is 0.272 e. The number of aromatic nitrogens is 2. The van der Waals surface area contributed by atoms with Gasteiger partial charge in [-0.15, -0.1) is 0 Å². The van der Waals surface area contributed by atoms with E-state index < -0.39 is 0 Å². The Hall–Kier alpha value is -2.87. The number of para-hydroxylation sites is 1. The van der Waals surface area contributed by atoms with Crippen molar-refractivity contribution in [1.82, 2.24) is 20.6 Å². The van der Waals surface area contributed by atoms with Crippen molar-refractivity contribution >= 4 is 35.0 Å². The molecule has 1 saturated heterocycles. The first-order valence-corrected chi connectivity index (χ1v) is 11.0. The smallest absolute Gasteiger partial charge is 0.272 e. The van der Waals surface area contributed by atoms with Gasteiger partial charge in [0.25, 0.3) is 11.8 Å². The van der Waals surface area contributed by atoms with E-state index in [1.807, 2.05) is 25.1 Å². The zero-order valence-electron chi connectivity index (χ0n) is 17.4. The summed E-state index contributed by atoms with van der Waals surface area (Å²) in [4.78, 5) is 46.6. The molecule has 4 rings (SSSR count). The van der Waals surface area contributed by atoms with Crippen LogP contribution in [0.5, 0.6) is 0 Å². The Morgan fingerprint density at radius 2 is 1.97 bits per heavy atom. The third-order valence-corrected chi connectivity index (χ3v) is 6.67. The first-order valence-electron chi connectivity index (χ1n) is 10.6. The summed E-state index contributed by atoms with van der Waals surface area (Å²) >= 11 is 6.30. The normalized spacial score (nSPS) is 23.2. The van der Waals surface area contributed by atoms with E-state index in [2.05, 4.69) is 20.6 Å². The number of hydrogen-bond donors (Lipinski definition) is 3. The Kier molecular flexibility index (Phi) is 6.00. The van der Waals surface area contributed by atoms with Crippen LogP contribution in [-0.4, -0.2) is 46.8 Å². The highest BCUT2D eigenvalue weighted by molar-refractivity contribution is 6.34. The lowest BCUT2D eigenvalue weighted by Crippen LogP contribution is -2.44. The number of halogens is 1. The van der Waals surface area contributed by atoms with Crippen molar-refractivity contribution < 1.29 is 14.4 Å². The number of hydrogen-bond acceptors (Lipinski definition) is 4. The molecule has 1 aromatic carbocycles. The van der Waals surface area contributed by atoms with Crippen LogP contribution in [0.2, 0.25) is 5.02 Å². The van der Waals surface area contributed by atoms with E-state index in [4.69, 9.17) is 11.6 Å². The Labute approximate surface area is 185 Å². The molecular formula is C22H26ClN5O3. The molecule has 0 radical (unpaired) electrons. The monoisotopic (exact) mass is 443 g/mol. The Bertz CT molecular complexity index is 997. The zero-order valence-corrected chi connectivity index (χ0v) is 18.2. The number of benzene rings is 1. The number of anilines is 1. The number of nitrogens with one attached hydrogen (secondary N) is 3. The summed E-state index contributed by atoms with van der Waals surface area (Å²) in [5, 5.41) is 6.23. The molecule has 31 heavy (non-hydrogen) atoms. The van der Waals surface area contributed by atoms with Gasteiger partial charge in [-0.05, 0) is 51.2 Å². The highest BCUT2D eigenvalue weighted by Gasteiger charge is 2.49. The van der Waals surface area contributed by atoms with Gasteiger partial charge in [-0.25, -0.2) is 4.98 Å². The van der Waals surface area contributed by atoms with Gasteiger partial charge in [-0.3, -0.25) is 14.4 Å². The van der Waals surface area contributed by atoms with E-state index >= 15 is 0 Å². The highest BCUT2D eigenvalue weighted by Crippen LogP contribution is 2.46. The minimum atomic E-state index is -0.390. The molecule has 1 saturated carbocycles. The summed E-state index contributed by atoms with van der Waals surface area (Å²) in [6.45, 7) is 2.93. The molecule has 1 aromatic heterocycles. The van der Waals surface area contributed by atoms with E-state index in [0.717, 1.165) is 12.1 Å². The van der Waals surface area contributed by atoms with Gasteiger partial charge < -0.3 is 20.5 Å². The van der Waals surface area contributed by atoms with Gasteiger partial charge >= 0.3 is 0 Å². The molecule has 1 aliphatic heterocycles. The first-order chi connectivity index (χ1) is 14.9. The Morgan fingerprint density at radius 3 is 2.68 bits per heavy atom. The molecule has 1 spiro atoms. The molecule has 0 bridgehead atoms. The quantitative estimate of drug-likeness (QED) is 0.660. The van der Waals surface area contributed by atoms with Crippen LogP contribution in [0.3, 0.4) is 0 Å². The van der Waals surface area contributed by atoms with Crippen LogP contribution in [0.15, 0.2) is 30.6 Å². The summed E-state index contributed by atoms with van der Waals surface area (Å²) in [5.74, 6) is -0.612. The van der Waals surface area contributed by atoms with Crippen LogP contribution < -0.4 is 15.5 Å². The molecule has 164 valence electrons. The van der Waals surface area contributed by atoms with Gasteiger partial charge in [0.2, 0.25) is 5.91 Å². The molecule has 1 aliphatic carbocycles. The predicted octanol–water partition coefficient (Wildman–Crippen LogP) is 2.91. The van der Waals surface area contributed by atoms with Crippen LogP contribution >= 0.6 is 11.6 Å². The summed E-state index contributed by atoms with van der Waals surface area (Å²) < 4.78 is 0. The van der Waals surface area contributed by atoms with Crippen molar-refractivity contribution in [2.45, 2.75) is 45.1 Å². The second kappa shape index (κ2) is 8.70. The first kappa shape index (κ1) is 21.4. The molecule has 0 unspecified atom stereocenters. The number of carbonyl (C=O) groups is 3. The molecular weight excluding hydrogens is 418 g/mol. The van der Waals surface area contributed by atoms with Crippen molar-refractivity contribution in [3.63, 3.8) is 0 Å². The minimum absolute atomic E-state index is 0.0564. The maximum absolute atomic E-state index is 13.3. The molecule has 2 heterocycles. The fraction of sp³-hybridized carbons (Fsp3) is 0.455. The van der Waals surface area contributed by atoms with Crippen LogP contribution in [-0.2, 0) is 4.79 Å². The van der Waals surface area contributed by atoms with Crippen LogP contribution in [0.4, 0.5) is 5.69 Å². The molecule has 8 nitrogen and oxygen atoms in total. The molecule has 2 fully saturated rings. The number of amides is 3. The molecule has 2 aliphatic rings. The molecule has 0 atom stereocenters. The van der Waals surface area contributed by atoms with Crippen molar-refractivity contribution in [3.8, 4) is 0 Å². The van der Waals surface area contributed by atoms with Crippen molar-refractivity contribution in [2.24, 2.45) is 5.41 Å². The van der Waals surface area contributed by atoms with Crippen LogP contribution in [0.25, 0.3) is 0 Å². The van der Waals surface area contributed by atoms with Gasteiger partial charge in [0, 0.05) is 19.1 Å². The fourth-order valence-corrected chi connectivity index (χ4v) is 4.88. The third-order valence-electron chi connectivity index (χ3n) is 6.35. The molecule has 2 aromatic rings. The molecule has 9 heteroatoms. The van der Waals surface area contributed by atoms with Crippen molar-refractivity contribution in [3.05, 3.63) is 47.0 Å². The largest absolute Gasteiger partial charge is 0.351 e. The maximum atomic E-state index is 13.3. The zero-order chi connectivity index (χ0) is 22.0. The average Bonchev–Trinajstić information content (AvgIpc) is 3.37. The van der Waals surface area contributed by atoms with Gasteiger partial charge in [0.15, 0.2) is 5.69 Å². The van der Waals surface area contributed by atoms with Crippen molar-refractivity contribution in [2.75, 3.05) is 18.0 Å². The highest BCUT2D eigenvalue weighted by atomic mass is 35.5. The van der Waals surface area contributed by atoms with E-state index in [1.165, 1.54) is 6.33 Å². The average molecular weight is 444 g/mol. The lowest BCUT2D eigenvalue weighted by Gasteiger charge is -2.36.